The molecule has 0 aliphatic heterocycles. The number of hydrogen-bond acceptors (Lipinski definition) is 2. The molecule has 7 heteroatoms. The average Bonchev–Trinajstić information content (AvgIpc) is 2.42. The number of anilines is 2. The number of halogens is 4. The van der Waals surface area contributed by atoms with Gasteiger partial charge in [0.15, 0.2) is 0 Å². The Balaban J connectivity index is 2.16. The molecule has 1 aromatic carbocycles. The van der Waals surface area contributed by atoms with Gasteiger partial charge in [0, 0.05) is 16.1 Å². The summed E-state index contributed by atoms with van der Waals surface area (Å²) >= 11 is 3.25. The third kappa shape index (κ3) is 3.90. The summed E-state index contributed by atoms with van der Waals surface area (Å²) in [5.74, 6) is -3.19. The minimum absolute atomic E-state index is 0.0136. The zero-order valence-corrected chi connectivity index (χ0v) is 12.8. The van der Waals surface area contributed by atoms with Gasteiger partial charge in [-0.15, -0.1) is 0 Å². The molecule has 2 unspecified atom stereocenters. The molecule has 0 aromatic heterocycles. The van der Waals surface area contributed by atoms with Crippen LogP contribution in [0.2, 0.25) is 0 Å². The summed E-state index contributed by atoms with van der Waals surface area (Å²) in [7, 11) is 0. The van der Waals surface area contributed by atoms with Gasteiger partial charge in [-0.1, -0.05) is 12.8 Å². The van der Waals surface area contributed by atoms with Crippen LogP contribution in [0.15, 0.2) is 22.7 Å². The number of hydrogen-bond donors (Lipinski definition) is 2. The van der Waals surface area contributed by atoms with Crippen molar-refractivity contribution in [2.45, 2.75) is 31.9 Å². The molecule has 2 atom stereocenters. The molecule has 0 heterocycles. The highest BCUT2D eigenvalue weighted by Crippen LogP contribution is 2.42. The fourth-order valence-corrected chi connectivity index (χ4v) is 3.05. The first-order valence-corrected chi connectivity index (χ1v) is 7.51. The van der Waals surface area contributed by atoms with Gasteiger partial charge in [-0.05, 0) is 47.0 Å². The molecule has 0 saturated heterocycles. The van der Waals surface area contributed by atoms with E-state index in [9.17, 15) is 18.0 Å². The molecule has 2 rings (SSSR count). The quantitative estimate of drug-likeness (QED) is 0.767. The predicted octanol–water partition coefficient (Wildman–Crippen LogP) is 4.34. The van der Waals surface area contributed by atoms with Gasteiger partial charge in [0.05, 0.1) is 11.6 Å². The molecule has 0 radical (unpaired) electrons. The highest BCUT2D eigenvalue weighted by molar-refractivity contribution is 9.10. The summed E-state index contributed by atoms with van der Waals surface area (Å²) in [5, 5.41) is 2.56. The Morgan fingerprint density at radius 3 is 2.62 bits per heavy atom. The Hall–Kier alpha value is -1.24. The van der Waals surface area contributed by atoms with Crippen LogP contribution in [0.5, 0.6) is 0 Å². The van der Waals surface area contributed by atoms with Gasteiger partial charge >= 0.3 is 6.18 Å². The Bertz CT molecular complexity index is 533. The van der Waals surface area contributed by atoms with Crippen LogP contribution in [0.4, 0.5) is 24.5 Å². The topological polar surface area (TPSA) is 55.1 Å². The van der Waals surface area contributed by atoms with Crippen LogP contribution >= 0.6 is 15.9 Å². The number of benzene rings is 1. The molecule has 3 N–H and O–H groups in total. The molecular formula is C14H16BrF3N2O. The SMILES string of the molecule is Nc1ccc(Br)c(NC(=O)C2CCCCC2C(F)(F)F)c1. The van der Waals surface area contributed by atoms with E-state index < -0.39 is 23.9 Å². The smallest absolute Gasteiger partial charge is 0.392 e. The molecule has 21 heavy (non-hydrogen) atoms. The van der Waals surface area contributed by atoms with Gasteiger partial charge in [-0.2, -0.15) is 13.2 Å². The Morgan fingerprint density at radius 2 is 1.95 bits per heavy atom. The molecule has 1 saturated carbocycles. The van der Waals surface area contributed by atoms with E-state index in [0.29, 0.717) is 28.7 Å². The number of carbonyl (C=O) groups excluding carboxylic acids is 1. The van der Waals surface area contributed by atoms with E-state index in [2.05, 4.69) is 21.2 Å². The predicted molar refractivity (Wildman–Crippen MR) is 78.7 cm³/mol. The maximum Gasteiger partial charge on any atom is 0.392 e. The number of alkyl halides is 3. The lowest BCUT2D eigenvalue weighted by molar-refractivity contribution is -0.197. The van der Waals surface area contributed by atoms with E-state index in [1.165, 1.54) is 6.07 Å². The van der Waals surface area contributed by atoms with Gasteiger partial charge in [0.25, 0.3) is 0 Å². The summed E-state index contributed by atoms with van der Waals surface area (Å²) in [5.41, 5.74) is 6.46. The Kier molecular flexibility index (Phi) is 4.81. The molecule has 1 aliphatic rings. The first kappa shape index (κ1) is 16.1. The van der Waals surface area contributed by atoms with E-state index >= 15 is 0 Å². The largest absolute Gasteiger partial charge is 0.399 e. The third-order valence-electron chi connectivity index (χ3n) is 3.77. The van der Waals surface area contributed by atoms with Crippen molar-refractivity contribution < 1.29 is 18.0 Å². The van der Waals surface area contributed by atoms with Gasteiger partial charge in [0.1, 0.15) is 0 Å². The lowest BCUT2D eigenvalue weighted by Crippen LogP contribution is -2.39. The van der Waals surface area contributed by atoms with Crippen molar-refractivity contribution in [1.29, 1.82) is 0 Å². The monoisotopic (exact) mass is 364 g/mol. The molecule has 3 nitrogen and oxygen atoms in total. The van der Waals surface area contributed by atoms with Crippen LogP contribution in [0.3, 0.4) is 0 Å². The average molecular weight is 365 g/mol. The van der Waals surface area contributed by atoms with Crippen molar-refractivity contribution in [1.82, 2.24) is 0 Å². The standard InChI is InChI=1S/C14H16BrF3N2O/c15-11-6-5-8(19)7-12(11)20-13(21)9-3-1-2-4-10(9)14(16,17)18/h5-7,9-10H,1-4,19H2,(H,20,21). The van der Waals surface area contributed by atoms with Crippen molar-refractivity contribution in [3.63, 3.8) is 0 Å². The van der Waals surface area contributed by atoms with E-state index in [1.54, 1.807) is 12.1 Å². The van der Waals surface area contributed by atoms with Crippen LogP contribution in [-0.4, -0.2) is 12.1 Å². The normalized spacial score (nSPS) is 22.9. The molecule has 1 fully saturated rings. The summed E-state index contributed by atoms with van der Waals surface area (Å²) < 4.78 is 39.7. The maximum absolute atomic E-state index is 13.0. The summed E-state index contributed by atoms with van der Waals surface area (Å²) in [6, 6.07) is 4.80. The van der Waals surface area contributed by atoms with Crippen LogP contribution < -0.4 is 11.1 Å². The van der Waals surface area contributed by atoms with E-state index in [4.69, 9.17) is 5.73 Å². The minimum Gasteiger partial charge on any atom is -0.399 e. The lowest BCUT2D eigenvalue weighted by atomic mass is 9.78. The fraction of sp³-hybridized carbons (Fsp3) is 0.500. The lowest BCUT2D eigenvalue weighted by Gasteiger charge is -2.32. The Labute approximate surface area is 129 Å². The van der Waals surface area contributed by atoms with Crippen LogP contribution in [0, 0.1) is 11.8 Å². The molecular weight excluding hydrogens is 349 g/mol. The van der Waals surface area contributed by atoms with Gasteiger partial charge in [-0.3, -0.25) is 4.79 Å². The van der Waals surface area contributed by atoms with Gasteiger partial charge in [0.2, 0.25) is 5.91 Å². The van der Waals surface area contributed by atoms with Crippen LogP contribution in [-0.2, 0) is 4.79 Å². The second-order valence-corrected chi connectivity index (χ2v) is 6.12. The number of nitrogen functional groups attached to an aromatic ring is 1. The second kappa shape index (κ2) is 6.25. The Morgan fingerprint density at radius 1 is 1.29 bits per heavy atom. The first-order valence-electron chi connectivity index (χ1n) is 6.71. The number of nitrogens with two attached hydrogens (primary N) is 1. The van der Waals surface area contributed by atoms with Crippen molar-refractivity contribution >= 4 is 33.2 Å². The number of amides is 1. The summed E-state index contributed by atoms with van der Waals surface area (Å²) in [6.45, 7) is 0. The summed E-state index contributed by atoms with van der Waals surface area (Å²) in [6.07, 6.45) is -2.91. The van der Waals surface area contributed by atoms with Crippen molar-refractivity contribution in [3.05, 3.63) is 22.7 Å². The van der Waals surface area contributed by atoms with Crippen molar-refractivity contribution in [3.8, 4) is 0 Å². The first-order chi connectivity index (χ1) is 9.79. The van der Waals surface area contributed by atoms with E-state index in [0.717, 1.165) is 0 Å². The van der Waals surface area contributed by atoms with Crippen molar-refractivity contribution in [2.24, 2.45) is 11.8 Å². The highest BCUT2D eigenvalue weighted by atomic mass is 79.9. The minimum atomic E-state index is -4.34. The molecule has 0 bridgehead atoms. The molecule has 1 aliphatic carbocycles. The second-order valence-electron chi connectivity index (χ2n) is 5.27. The fourth-order valence-electron chi connectivity index (χ4n) is 2.70. The molecule has 1 amide bonds. The zero-order chi connectivity index (χ0) is 15.6. The van der Waals surface area contributed by atoms with E-state index in [1.807, 2.05) is 0 Å². The van der Waals surface area contributed by atoms with E-state index in [-0.39, 0.29) is 12.8 Å². The van der Waals surface area contributed by atoms with Gasteiger partial charge in [-0.25, -0.2) is 0 Å². The number of carbonyl (C=O) groups is 1. The maximum atomic E-state index is 13.0. The van der Waals surface area contributed by atoms with Crippen LogP contribution in [0.25, 0.3) is 0 Å². The van der Waals surface area contributed by atoms with Gasteiger partial charge < -0.3 is 11.1 Å². The molecule has 0 spiro atoms. The van der Waals surface area contributed by atoms with Crippen LogP contribution in [0.1, 0.15) is 25.7 Å². The number of rotatable bonds is 2. The molecule has 1 aromatic rings. The third-order valence-corrected chi connectivity index (χ3v) is 4.46. The molecule has 116 valence electrons. The van der Waals surface area contributed by atoms with Crippen molar-refractivity contribution in [2.75, 3.05) is 11.1 Å². The number of nitrogens with one attached hydrogen (secondary N) is 1. The highest BCUT2D eigenvalue weighted by Gasteiger charge is 2.48. The summed E-state index contributed by atoms with van der Waals surface area (Å²) in [4.78, 5) is 12.2. The zero-order valence-electron chi connectivity index (χ0n) is 11.2.